The van der Waals surface area contributed by atoms with Gasteiger partial charge in [-0.1, -0.05) is 111 Å². The van der Waals surface area contributed by atoms with E-state index in [4.69, 9.17) is 0 Å². The minimum Gasteiger partial charge on any atom is -0.0979 e. The summed E-state index contributed by atoms with van der Waals surface area (Å²) >= 11 is 0. The molecule has 0 aliphatic heterocycles. The number of unbranched alkanes of at least 4 members (excludes halogenated alkanes) is 3. The zero-order valence-corrected chi connectivity index (χ0v) is 21.4. The maximum Gasteiger partial charge on any atom is 0.0309 e. The maximum absolute atomic E-state index is 3.63. The van der Waals surface area contributed by atoms with Crippen LogP contribution in [-0.2, 0) is 32.1 Å². The summed E-state index contributed by atoms with van der Waals surface area (Å²) in [4.78, 5) is 0. The molecule has 0 aromatic heterocycles. The number of benzene rings is 3. The zero-order valence-electron chi connectivity index (χ0n) is 21.4. The topological polar surface area (TPSA) is 0 Å². The molecule has 0 aliphatic rings. The van der Waals surface area contributed by atoms with E-state index in [1.54, 1.807) is 0 Å². The van der Waals surface area contributed by atoms with Gasteiger partial charge in [0.25, 0.3) is 0 Å². The fourth-order valence-corrected chi connectivity index (χ4v) is 4.59. The van der Waals surface area contributed by atoms with Crippen LogP contribution in [0.5, 0.6) is 0 Å². The molecule has 0 spiro atoms. The third-order valence-electron chi connectivity index (χ3n) is 6.56. The predicted molar refractivity (Wildman–Crippen MR) is 148 cm³/mol. The van der Waals surface area contributed by atoms with E-state index in [-0.39, 0.29) is 0 Å². The first kappa shape index (κ1) is 25.8. The van der Waals surface area contributed by atoms with Crippen LogP contribution in [0.4, 0.5) is 0 Å². The lowest BCUT2D eigenvalue weighted by Gasteiger charge is -2.15. The fraction of sp³-hybridized carbons (Fsp3) is 0.412. The third-order valence-corrected chi connectivity index (χ3v) is 6.56. The van der Waals surface area contributed by atoms with Crippen LogP contribution in [0.3, 0.4) is 0 Å². The summed E-state index contributed by atoms with van der Waals surface area (Å²) in [6.07, 6.45) is 13.9. The third kappa shape index (κ3) is 8.87. The molecule has 0 N–H and O–H groups in total. The summed E-state index contributed by atoms with van der Waals surface area (Å²) < 4.78 is 0. The first-order valence-electron chi connectivity index (χ1n) is 13.5. The molecule has 0 heteroatoms. The normalized spacial score (nSPS) is 10.6. The Morgan fingerprint density at radius 2 is 1.03 bits per heavy atom. The Balaban J connectivity index is 1.79. The van der Waals surface area contributed by atoms with E-state index in [0.717, 1.165) is 38.5 Å². The molecule has 0 saturated carbocycles. The van der Waals surface area contributed by atoms with Crippen molar-refractivity contribution in [3.05, 3.63) is 106 Å². The summed E-state index contributed by atoms with van der Waals surface area (Å²) in [5, 5.41) is 0. The molecule has 0 nitrogen and oxygen atoms in total. The molecule has 0 amide bonds. The van der Waals surface area contributed by atoms with Crippen molar-refractivity contribution < 1.29 is 0 Å². The minimum atomic E-state index is 1.01. The van der Waals surface area contributed by atoms with Gasteiger partial charge in [-0.2, -0.15) is 0 Å². The van der Waals surface area contributed by atoms with Gasteiger partial charge in [0.05, 0.1) is 0 Å². The van der Waals surface area contributed by atoms with E-state index in [2.05, 4.69) is 98.5 Å². The predicted octanol–water partition coefficient (Wildman–Crippen LogP) is 8.92. The first-order chi connectivity index (χ1) is 16.8. The maximum atomic E-state index is 3.63. The SMILES string of the molecule is CCCCC#Cc1c(CCCC)cc(CCCc2ccccc2)cc1CCCc1ccccc1. The highest BCUT2D eigenvalue weighted by Crippen LogP contribution is 2.23. The Hall–Kier alpha value is -2.78. The monoisotopic (exact) mass is 450 g/mol. The highest BCUT2D eigenvalue weighted by Gasteiger charge is 2.10. The van der Waals surface area contributed by atoms with Crippen LogP contribution in [0.25, 0.3) is 0 Å². The van der Waals surface area contributed by atoms with Gasteiger partial charge in [-0.3, -0.25) is 0 Å². The van der Waals surface area contributed by atoms with Crippen molar-refractivity contribution in [1.29, 1.82) is 0 Å². The van der Waals surface area contributed by atoms with Crippen molar-refractivity contribution in [2.75, 3.05) is 0 Å². The van der Waals surface area contributed by atoms with Gasteiger partial charge in [0.15, 0.2) is 0 Å². The molecular weight excluding hydrogens is 408 g/mol. The highest BCUT2D eigenvalue weighted by atomic mass is 14.1. The van der Waals surface area contributed by atoms with E-state index in [0.29, 0.717) is 0 Å². The van der Waals surface area contributed by atoms with Gasteiger partial charge in [0.1, 0.15) is 0 Å². The van der Waals surface area contributed by atoms with Crippen molar-refractivity contribution in [1.82, 2.24) is 0 Å². The molecule has 0 fully saturated rings. The van der Waals surface area contributed by atoms with Gasteiger partial charge in [-0.25, -0.2) is 0 Å². The molecule has 0 unspecified atom stereocenters. The molecule has 0 atom stereocenters. The van der Waals surface area contributed by atoms with E-state index in [1.165, 1.54) is 71.9 Å². The van der Waals surface area contributed by atoms with Crippen LogP contribution in [0, 0.1) is 11.8 Å². The lowest BCUT2D eigenvalue weighted by molar-refractivity contribution is 0.775. The van der Waals surface area contributed by atoms with Crippen LogP contribution < -0.4 is 0 Å². The molecule has 3 aromatic rings. The summed E-state index contributed by atoms with van der Waals surface area (Å²) in [5.74, 6) is 7.14. The molecule has 0 heterocycles. The molecule has 178 valence electrons. The second-order valence-electron chi connectivity index (χ2n) is 9.48. The van der Waals surface area contributed by atoms with Crippen LogP contribution in [-0.4, -0.2) is 0 Å². The smallest absolute Gasteiger partial charge is 0.0309 e. The highest BCUT2D eigenvalue weighted by molar-refractivity contribution is 5.50. The Labute approximate surface area is 208 Å². The van der Waals surface area contributed by atoms with Crippen molar-refractivity contribution in [2.45, 2.75) is 90.9 Å². The molecule has 0 bridgehead atoms. The lowest BCUT2D eigenvalue weighted by Crippen LogP contribution is -2.02. The number of hydrogen-bond donors (Lipinski definition) is 0. The van der Waals surface area contributed by atoms with Gasteiger partial charge < -0.3 is 0 Å². The number of rotatable bonds is 13. The molecular formula is C34H42. The molecule has 34 heavy (non-hydrogen) atoms. The molecule has 0 saturated heterocycles. The van der Waals surface area contributed by atoms with E-state index in [1.807, 2.05) is 0 Å². The van der Waals surface area contributed by atoms with Crippen molar-refractivity contribution in [3.8, 4) is 11.8 Å². The molecule has 3 rings (SSSR count). The molecule has 3 aromatic carbocycles. The minimum absolute atomic E-state index is 1.01. The number of aryl methyl sites for hydroxylation is 5. The molecule has 0 radical (unpaired) electrons. The van der Waals surface area contributed by atoms with Gasteiger partial charge in [-0.15, -0.1) is 0 Å². The summed E-state index contributed by atoms with van der Waals surface area (Å²) in [6.45, 7) is 4.53. The summed E-state index contributed by atoms with van der Waals surface area (Å²) in [6, 6.07) is 26.7. The second kappa shape index (κ2) is 15.2. The van der Waals surface area contributed by atoms with Gasteiger partial charge in [0, 0.05) is 12.0 Å². The first-order valence-corrected chi connectivity index (χ1v) is 13.5. The second-order valence-corrected chi connectivity index (χ2v) is 9.48. The zero-order chi connectivity index (χ0) is 23.8. The lowest BCUT2D eigenvalue weighted by atomic mass is 9.90. The average Bonchev–Trinajstić information content (AvgIpc) is 2.87. The quantitative estimate of drug-likeness (QED) is 0.180. The Bertz CT molecular complexity index is 1020. The average molecular weight is 451 g/mol. The van der Waals surface area contributed by atoms with Crippen LogP contribution >= 0.6 is 0 Å². The van der Waals surface area contributed by atoms with Crippen molar-refractivity contribution >= 4 is 0 Å². The van der Waals surface area contributed by atoms with E-state index >= 15 is 0 Å². The van der Waals surface area contributed by atoms with Crippen LogP contribution in [0.15, 0.2) is 72.8 Å². The molecule has 0 aliphatic carbocycles. The standard InChI is InChI=1S/C34H42/c1-3-5-7-14-26-34-32(24-6-4-2)27-31(23-15-21-29-17-10-8-11-18-29)28-33(34)25-16-22-30-19-12-9-13-20-30/h8-13,17-20,27-28H,3-7,15-16,21-25H2,1-2H3. The van der Waals surface area contributed by atoms with Gasteiger partial charge in [-0.05, 0) is 85.6 Å². The Morgan fingerprint density at radius 3 is 1.59 bits per heavy atom. The Morgan fingerprint density at radius 1 is 0.529 bits per heavy atom. The summed E-state index contributed by atoms with van der Waals surface area (Å²) in [5.41, 5.74) is 8.67. The van der Waals surface area contributed by atoms with Crippen LogP contribution in [0.1, 0.15) is 92.2 Å². The summed E-state index contributed by atoms with van der Waals surface area (Å²) in [7, 11) is 0. The van der Waals surface area contributed by atoms with Crippen LogP contribution in [0.2, 0.25) is 0 Å². The fourth-order valence-electron chi connectivity index (χ4n) is 4.59. The van der Waals surface area contributed by atoms with Crippen molar-refractivity contribution in [3.63, 3.8) is 0 Å². The Kier molecular flexibility index (Phi) is 11.5. The van der Waals surface area contributed by atoms with E-state index < -0.39 is 0 Å². The van der Waals surface area contributed by atoms with Crippen molar-refractivity contribution in [2.24, 2.45) is 0 Å². The van der Waals surface area contributed by atoms with Gasteiger partial charge in [0.2, 0.25) is 0 Å². The van der Waals surface area contributed by atoms with Gasteiger partial charge >= 0.3 is 0 Å². The largest absolute Gasteiger partial charge is 0.0979 e. The van der Waals surface area contributed by atoms with E-state index in [9.17, 15) is 0 Å². The number of hydrogen-bond acceptors (Lipinski definition) is 0.